The van der Waals surface area contributed by atoms with Crippen LogP contribution >= 0.6 is 11.3 Å². The first-order chi connectivity index (χ1) is 11.1. The number of aromatic hydroxyl groups is 1. The van der Waals surface area contributed by atoms with E-state index in [9.17, 15) is 14.7 Å². The average molecular weight is 333 g/mol. The molecule has 6 heteroatoms. The van der Waals surface area contributed by atoms with E-state index in [2.05, 4.69) is 10.1 Å². The van der Waals surface area contributed by atoms with Crippen molar-refractivity contribution in [3.63, 3.8) is 0 Å². The molecule has 0 fully saturated rings. The Morgan fingerprint density at radius 1 is 1.26 bits per heavy atom. The molecule has 0 aliphatic heterocycles. The number of aryl methyl sites for hydroxylation is 1. The third-order valence-corrected chi connectivity index (χ3v) is 4.42. The van der Waals surface area contributed by atoms with Gasteiger partial charge in [-0.05, 0) is 29.5 Å². The van der Waals surface area contributed by atoms with Crippen molar-refractivity contribution in [3.05, 3.63) is 52.2 Å². The maximum atomic E-state index is 12.2. The van der Waals surface area contributed by atoms with Crippen molar-refractivity contribution in [1.82, 2.24) is 5.32 Å². The molecule has 1 aromatic heterocycles. The van der Waals surface area contributed by atoms with Crippen LogP contribution in [0.2, 0.25) is 0 Å². The third kappa shape index (κ3) is 5.10. The van der Waals surface area contributed by atoms with Gasteiger partial charge in [-0.25, -0.2) is 0 Å². The predicted molar refractivity (Wildman–Crippen MR) is 88.3 cm³/mol. The summed E-state index contributed by atoms with van der Waals surface area (Å²) in [6, 6.07) is 10.3. The molecule has 1 amide bonds. The predicted octanol–water partition coefficient (Wildman–Crippen LogP) is 2.81. The number of hydrogen-bond donors (Lipinski definition) is 2. The van der Waals surface area contributed by atoms with Gasteiger partial charge < -0.3 is 15.2 Å². The number of ether oxygens (including phenoxy) is 1. The van der Waals surface area contributed by atoms with Crippen LogP contribution in [0.25, 0.3) is 0 Å². The number of rotatable bonds is 7. The maximum Gasteiger partial charge on any atom is 0.307 e. The summed E-state index contributed by atoms with van der Waals surface area (Å²) < 4.78 is 4.69. The Labute approximate surface area is 138 Å². The summed E-state index contributed by atoms with van der Waals surface area (Å²) in [6.45, 7) is 0. The molecule has 0 radical (unpaired) electrons. The lowest BCUT2D eigenvalue weighted by molar-refractivity contribution is -0.141. The zero-order chi connectivity index (χ0) is 16.7. The third-order valence-electron chi connectivity index (χ3n) is 3.43. The van der Waals surface area contributed by atoms with E-state index in [1.54, 1.807) is 18.2 Å². The van der Waals surface area contributed by atoms with E-state index in [4.69, 9.17) is 0 Å². The SMILES string of the molecule is COC(=O)CC(NC(=O)CCc1ccccc1O)c1cccs1. The van der Waals surface area contributed by atoms with Gasteiger partial charge in [0.1, 0.15) is 5.75 Å². The number of carbonyl (C=O) groups excluding carboxylic acids is 2. The van der Waals surface area contributed by atoms with Crippen LogP contribution in [0.3, 0.4) is 0 Å². The van der Waals surface area contributed by atoms with Gasteiger partial charge in [-0.15, -0.1) is 11.3 Å². The van der Waals surface area contributed by atoms with Crippen LogP contribution in [-0.2, 0) is 20.7 Å². The summed E-state index contributed by atoms with van der Waals surface area (Å²) in [4.78, 5) is 24.6. The standard InChI is InChI=1S/C17H19NO4S/c1-22-17(21)11-13(15-7-4-10-23-15)18-16(20)9-8-12-5-2-3-6-14(12)19/h2-7,10,13,19H,8-9,11H2,1H3,(H,18,20). The van der Waals surface area contributed by atoms with Crippen molar-refractivity contribution in [1.29, 1.82) is 0 Å². The molecule has 1 heterocycles. The zero-order valence-electron chi connectivity index (χ0n) is 12.8. The molecule has 2 N–H and O–H groups in total. The van der Waals surface area contributed by atoms with E-state index < -0.39 is 0 Å². The number of benzene rings is 1. The summed E-state index contributed by atoms with van der Waals surface area (Å²) in [5.41, 5.74) is 0.725. The minimum Gasteiger partial charge on any atom is -0.508 e. The molecular weight excluding hydrogens is 314 g/mol. The van der Waals surface area contributed by atoms with Gasteiger partial charge >= 0.3 is 5.97 Å². The summed E-state index contributed by atoms with van der Waals surface area (Å²) in [5, 5.41) is 14.5. The summed E-state index contributed by atoms with van der Waals surface area (Å²) in [7, 11) is 1.33. The average Bonchev–Trinajstić information content (AvgIpc) is 3.07. The number of hydrogen-bond acceptors (Lipinski definition) is 5. The van der Waals surface area contributed by atoms with Crippen molar-refractivity contribution in [2.75, 3.05) is 7.11 Å². The molecule has 2 rings (SSSR count). The first-order valence-electron chi connectivity index (χ1n) is 7.26. The second kappa shape index (κ2) is 8.33. The van der Waals surface area contributed by atoms with E-state index in [-0.39, 0.29) is 36.5 Å². The lowest BCUT2D eigenvalue weighted by Gasteiger charge is -2.16. The van der Waals surface area contributed by atoms with Crippen LogP contribution in [-0.4, -0.2) is 24.1 Å². The van der Waals surface area contributed by atoms with Crippen LogP contribution in [0.1, 0.15) is 29.3 Å². The van der Waals surface area contributed by atoms with Gasteiger partial charge in [0.05, 0.1) is 19.6 Å². The molecule has 5 nitrogen and oxygen atoms in total. The first kappa shape index (κ1) is 17.0. The number of phenols is 1. The monoisotopic (exact) mass is 333 g/mol. The van der Waals surface area contributed by atoms with E-state index in [0.717, 1.165) is 10.4 Å². The van der Waals surface area contributed by atoms with Crippen LogP contribution < -0.4 is 5.32 Å². The lowest BCUT2D eigenvalue weighted by Crippen LogP contribution is -2.30. The molecular formula is C17H19NO4S. The normalized spacial score (nSPS) is 11.7. The Hall–Kier alpha value is -2.34. The zero-order valence-corrected chi connectivity index (χ0v) is 13.6. The fourth-order valence-electron chi connectivity index (χ4n) is 2.20. The van der Waals surface area contributed by atoms with Crippen molar-refractivity contribution < 1.29 is 19.4 Å². The summed E-state index contributed by atoms with van der Waals surface area (Å²) in [5.74, 6) is -0.357. The van der Waals surface area contributed by atoms with Gasteiger partial charge in [0, 0.05) is 11.3 Å². The molecule has 122 valence electrons. The quantitative estimate of drug-likeness (QED) is 0.764. The van der Waals surface area contributed by atoms with Crippen LogP contribution in [0.4, 0.5) is 0 Å². The van der Waals surface area contributed by atoms with Crippen LogP contribution in [0.5, 0.6) is 5.75 Å². The van der Waals surface area contributed by atoms with E-state index >= 15 is 0 Å². The number of esters is 1. The number of phenolic OH excluding ortho intramolecular Hbond substituents is 1. The molecule has 1 aromatic carbocycles. The first-order valence-corrected chi connectivity index (χ1v) is 8.14. The van der Waals surface area contributed by atoms with E-state index in [1.165, 1.54) is 18.4 Å². The number of nitrogens with one attached hydrogen (secondary N) is 1. The number of methoxy groups -OCH3 is 1. The minimum atomic E-state index is -0.390. The molecule has 0 aliphatic rings. The molecule has 2 aromatic rings. The van der Waals surface area contributed by atoms with Crippen LogP contribution in [0.15, 0.2) is 41.8 Å². The lowest BCUT2D eigenvalue weighted by atomic mass is 10.1. The molecule has 0 spiro atoms. The molecule has 0 aliphatic carbocycles. The highest BCUT2D eigenvalue weighted by Gasteiger charge is 2.19. The van der Waals surface area contributed by atoms with Crippen molar-refractivity contribution >= 4 is 23.2 Å². The topological polar surface area (TPSA) is 75.6 Å². The van der Waals surface area contributed by atoms with Crippen molar-refractivity contribution in [2.45, 2.75) is 25.3 Å². The van der Waals surface area contributed by atoms with Crippen molar-refractivity contribution in [3.8, 4) is 5.75 Å². The van der Waals surface area contributed by atoms with Gasteiger partial charge in [0.15, 0.2) is 0 Å². The second-order valence-electron chi connectivity index (χ2n) is 5.04. The number of para-hydroxylation sites is 1. The van der Waals surface area contributed by atoms with Gasteiger partial charge in [-0.2, -0.15) is 0 Å². The van der Waals surface area contributed by atoms with Gasteiger partial charge in [-0.1, -0.05) is 24.3 Å². The number of amides is 1. The highest BCUT2D eigenvalue weighted by molar-refractivity contribution is 7.10. The molecule has 0 saturated heterocycles. The van der Waals surface area contributed by atoms with Crippen molar-refractivity contribution in [2.24, 2.45) is 0 Å². The number of carbonyl (C=O) groups is 2. The Morgan fingerprint density at radius 3 is 2.70 bits per heavy atom. The van der Waals surface area contributed by atoms with E-state index in [1.807, 2.05) is 23.6 Å². The fourth-order valence-corrected chi connectivity index (χ4v) is 2.98. The molecule has 0 bridgehead atoms. The number of thiophene rings is 1. The Kier molecular flexibility index (Phi) is 6.17. The largest absolute Gasteiger partial charge is 0.508 e. The summed E-state index contributed by atoms with van der Waals surface area (Å²) in [6.07, 6.45) is 0.772. The van der Waals surface area contributed by atoms with Gasteiger partial charge in [0.25, 0.3) is 0 Å². The van der Waals surface area contributed by atoms with Gasteiger partial charge in [-0.3, -0.25) is 9.59 Å². The Bertz CT molecular complexity index is 654. The summed E-state index contributed by atoms with van der Waals surface area (Å²) >= 11 is 1.48. The van der Waals surface area contributed by atoms with Gasteiger partial charge in [0.2, 0.25) is 5.91 Å². The van der Waals surface area contributed by atoms with E-state index in [0.29, 0.717) is 6.42 Å². The minimum absolute atomic E-state index is 0.0966. The highest BCUT2D eigenvalue weighted by atomic mass is 32.1. The Balaban J connectivity index is 1.95. The second-order valence-corrected chi connectivity index (χ2v) is 6.02. The molecule has 1 atom stereocenters. The molecule has 23 heavy (non-hydrogen) atoms. The van der Waals surface area contributed by atoms with Crippen LogP contribution in [0, 0.1) is 0 Å². The fraction of sp³-hybridized carbons (Fsp3) is 0.294. The smallest absolute Gasteiger partial charge is 0.307 e. The molecule has 1 unspecified atom stereocenters. The maximum absolute atomic E-state index is 12.2. The molecule has 0 saturated carbocycles. The Morgan fingerprint density at radius 2 is 2.04 bits per heavy atom. The highest BCUT2D eigenvalue weighted by Crippen LogP contribution is 2.23.